The molecule has 4 rings (SSSR count). The number of rotatable bonds is 1. The quantitative estimate of drug-likeness (QED) is 0.401. The van der Waals surface area contributed by atoms with E-state index in [1.54, 1.807) is 0 Å². The molecule has 4 aromatic rings. The molecule has 0 bridgehead atoms. The highest BCUT2D eigenvalue weighted by Crippen LogP contribution is 2.37. The number of fused-ring (bicyclic) bond motifs is 3. The third-order valence-electron chi connectivity index (χ3n) is 4.21. The van der Waals surface area contributed by atoms with Crippen LogP contribution in [0.3, 0.4) is 0 Å². The van der Waals surface area contributed by atoms with Gasteiger partial charge in [0.1, 0.15) is 0 Å². The van der Waals surface area contributed by atoms with Crippen LogP contribution in [0.1, 0.15) is 33.2 Å². The van der Waals surface area contributed by atoms with Gasteiger partial charge in [-0.05, 0) is 29.1 Å². The second kappa shape index (κ2) is 4.99. The summed E-state index contributed by atoms with van der Waals surface area (Å²) in [5, 5.41) is 2.00. The van der Waals surface area contributed by atoms with Crippen LogP contribution in [0.25, 0.3) is 27.5 Å². The first-order chi connectivity index (χ1) is 13.1. The Bertz CT molecular complexity index is 1220. The predicted octanol–water partition coefficient (Wildman–Crippen LogP) is 6.08. The van der Waals surface area contributed by atoms with Crippen LogP contribution in [0.2, 0.25) is 0 Å². The maximum absolute atomic E-state index is 8.50. The number of hydrogen-bond acceptors (Lipinski definition) is 0. The summed E-state index contributed by atoms with van der Waals surface area (Å²) in [6.45, 7) is 6.35. The second-order valence-corrected chi connectivity index (χ2v) is 6.78. The van der Waals surface area contributed by atoms with Crippen molar-refractivity contribution in [2.24, 2.45) is 0 Å². The minimum atomic E-state index is -0.379. The maximum Gasteiger partial charge on any atom is 0.0645 e. The molecule has 0 radical (unpaired) electrons. The summed E-state index contributed by atoms with van der Waals surface area (Å²) in [6.07, 6.45) is 0. The van der Waals surface area contributed by atoms with Gasteiger partial charge in [-0.1, -0.05) is 75.3 Å². The molecule has 114 valence electrons. The summed E-state index contributed by atoms with van der Waals surface area (Å²) in [5.41, 5.74) is 2.78. The van der Waals surface area contributed by atoms with E-state index < -0.39 is 0 Å². The first kappa shape index (κ1) is 9.57. The van der Waals surface area contributed by atoms with Crippen molar-refractivity contribution in [1.29, 1.82) is 0 Å². The molecule has 0 saturated carbocycles. The monoisotopic (exact) mass is 304 g/mol. The highest BCUT2D eigenvalue weighted by molar-refractivity contribution is 6.10. The Morgan fingerprint density at radius 2 is 1.52 bits per heavy atom. The lowest BCUT2D eigenvalue weighted by Gasteiger charge is -2.22. The Morgan fingerprint density at radius 1 is 0.826 bits per heavy atom. The van der Waals surface area contributed by atoms with E-state index in [1.165, 1.54) is 0 Å². The maximum atomic E-state index is 8.50. The van der Waals surface area contributed by atoms with Crippen molar-refractivity contribution < 1.29 is 6.85 Å². The summed E-state index contributed by atoms with van der Waals surface area (Å²) in [4.78, 5) is 0. The number of benzene rings is 3. The zero-order valence-electron chi connectivity index (χ0n) is 18.5. The van der Waals surface area contributed by atoms with Gasteiger partial charge in [-0.15, -0.1) is 0 Å². The Morgan fingerprint density at radius 3 is 2.26 bits per heavy atom. The molecule has 23 heavy (non-hydrogen) atoms. The van der Waals surface area contributed by atoms with Crippen LogP contribution < -0.4 is 0 Å². The first-order valence-corrected chi connectivity index (χ1v) is 7.74. The molecule has 0 amide bonds. The standard InChI is InChI=1S/C22H21N/c1-22(2,3)19-14-9-13-18-17-12-7-8-15-20(17)23(21(18)19)16-10-5-4-6-11-16/h4-15H,1-3H3/i4D,5D,6D,10D,11D. The fourth-order valence-corrected chi connectivity index (χ4v) is 3.21. The lowest BCUT2D eigenvalue weighted by atomic mass is 9.85. The van der Waals surface area contributed by atoms with Gasteiger partial charge < -0.3 is 4.57 Å². The molecule has 0 fully saturated rings. The van der Waals surface area contributed by atoms with Gasteiger partial charge in [-0.3, -0.25) is 0 Å². The van der Waals surface area contributed by atoms with Crippen LogP contribution in [0, 0.1) is 0 Å². The molecule has 0 saturated heterocycles. The third-order valence-corrected chi connectivity index (χ3v) is 4.21. The van der Waals surface area contributed by atoms with Crippen molar-refractivity contribution >= 4 is 21.8 Å². The largest absolute Gasteiger partial charge is 0.309 e. The second-order valence-electron chi connectivity index (χ2n) is 6.78. The highest BCUT2D eigenvalue weighted by atomic mass is 15.0. The fourth-order valence-electron chi connectivity index (χ4n) is 3.21. The zero-order chi connectivity index (χ0) is 20.4. The van der Waals surface area contributed by atoms with Crippen LogP contribution >= 0.6 is 0 Å². The van der Waals surface area contributed by atoms with Crippen LogP contribution in [-0.4, -0.2) is 4.57 Å². The van der Waals surface area contributed by atoms with E-state index in [9.17, 15) is 0 Å². The lowest BCUT2D eigenvalue weighted by molar-refractivity contribution is 0.594. The Labute approximate surface area is 144 Å². The minimum Gasteiger partial charge on any atom is -0.309 e. The Kier molecular flexibility index (Phi) is 2.07. The minimum absolute atomic E-state index is 0.182. The molecule has 1 heterocycles. The zero-order valence-corrected chi connectivity index (χ0v) is 13.5. The van der Waals surface area contributed by atoms with Crippen LogP contribution in [0.15, 0.2) is 72.7 Å². The molecule has 0 aliphatic heterocycles. The topological polar surface area (TPSA) is 4.93 Å². The molecule has 3 aromatic carbocycles. The summed E-state index contributed by atoms with van der Waals surface area (Å²) < 4.78 is 43.0. The normalized spacial score (nSPS) is 15.2. The fraction of sp³-hybridized carbons (Fsp3) is 0.182. The summed E-state index contributed by atoms with van der Waals surface area (Å²) >= 11 is 0. The Hall–Kier alpha value is -2.54. The molecule has 0 N–H and O–H groups in total. The van der Waals surface area contributed by atoms with Crippen molar-refractivity contribution in [2.75, 3.05) is 0 Å². The molecule has 1 heteroatoms. The SMILES string of the molecule is [2H]c1c([2H])c([2H])c(-n2c3ccccc3c3cccc(C(C)(C)C)c32)c([2H])c1[2H]. The summed E-state index contributed by atoms with van der Waals surface area (Å²) in [7, 11) is 0. The van der Waals surface area contributed by atoms with Crippen LogP contribution in [0.4, 0.5) is 0 Å². The summed E-state index contributed by atoms with van der Waals surface area (Å²) in [5.74, 6) is 0. The van der Waals surface area contributed by atoms with E-state index in [4.69, 9.17) is 6.85 Å². The van der Waals surface area contributed by atoms with Gasteiger partial charge in [0, 0.05) is 16.5 Å². The van der Waals surface area contributed by atoms with Gasteiger partial charge in [-0.25, -0.2) is 0 Å². The van der Waals surface area contributed by atoms with E-state index in [-0.39, 0.29) is 41.3 Å². The Balaban J connectivity index is 2.32. The van der Waals surface area contributed by atoms with Gasteiger partial charge in [0.2, 0.25) is 0 Å². The molecule has 1 nitrogen and oxygen atoms in total. The number of hydrogen-bond donors (Lipinski definition) is 0. The average Bonchev–Trinajstić information content (AvgIpc) is 2.99. The lowest BCUT2D eigenvalue weighted by Crippen LogP contribution is -2.13. The van der Waals surface area contributed by atoms with E-state index in [0.717, 1.165) is 27.4 Å². The van der Waals surface area contributed by atoms with Crippen molar-refractivity contribution in [1.82, 2.24) is 4.57 Å². The molecule has 0 aliphatic carbocycles. The van der Waals surface area contributed by atoms with E-state index in [1.807, 2.05) is 47.0 Å². The molecular formula is C22H21N. The van der Waals surface area contributed by atoms with Gasteiger partial charge in [-0.2, -0.15) is 0 Å². The molecule has 1 aromatic heterocycles. The first-order valence-electron chi connectivity index (χ1n) is 10.2. The predicted molar refractivity (Wildman–Crippen MR) is 99.5 cm³/mol. The molecule has 0 atom stereocenters. The van der Waals surface area contributed by atoms with Gasteiger partial charge in [0.05, 0.1) is 17.9 Å². The van der Waals surface area contributed by atoms with Crippen LogP contribution in [-0.2, 0) is 5.41 Å². The van der Waals surface area contributed by atoms with Crippen LogP contribution in [0.5, 0.6) is 0 Å². The van der Waals surface area contributed by atoms with Gasteiger partial charge in [0.25, 0.3) is 0 Å². The number of para-hydroxylation sites is 3. The van der Waals surface area contributed by atoms with Crippen molar-refractivity contribution in [3.05, 3.63) is 78.2 Å². The van der Waals surface area contributed by atoms with E-state index in [0.29, 0.717) is 0 Å². The molecular weight excluding hydrogens is 278 g/mol. The highest BCUT2D eigenvalue weighted by Gasteiger charge is 2.21. The van der Waals surface area contributed by atoms with E-state index in [2.05, 4.69) is 20.8 Å². The van der Waals surface area contributed by atoms with Crippen molar-refractivity contribution in [3.8, 4) is 5.69 Å². The number of aromatic nitrogens is 1. The van der Waals surface area contributed by atoms with Gasteiger partial charge >= 0.3 is 0 Å². The third kappa shape index (κ3) is 2.16. The molecule has 0 aliphatic rings. The van der Waals surface area contributed by atoms with Crippen molar-refractivity contribution in [2.45, 2.75) is 26.2 Å². The molecule has 0 unspecified atom stereocenters. The molecule has 0 spiro atoms. The summed E-state index contributed by atoms with van der Waals surface area (Å²) in [6, 6.07) is 12.5. The smallest absolute Gasteiger partial charge is 0.0645 e. The number of nitrogens with zero attached hydrogens (tertiary/aromatic N) is 1. The average molecular weight is 304 g/mol. The van der Waals surface area contributed by atoms with E-state index >= 15 is 0 Å². The van der Waals surface area contributed by atoms with Crippen molar-refractivity contribution in [3.63, 3.8) is 0 Å². The van der Waals surface area contributed by atoms with Gasteiger partial charge in [0.15, 0.2) is 0 Å².